The van der Waals surface area contributed by atoms with Crippen LogP contribution in [0.4, 0.5) is 0 Å². The number of aliphatic hydroxyl groups is 2. The van der Waals surface area contributed by atoms with E-state index in [1.807, 2.05) is 44.4 Å². The first kappa shape index (κ1) is 26.6. The lowest BCUT2D eigenvalue weighted by Crippen LogP contribution is -2.53. The summed E-state index contributed by atoms with van der Waals surface area (Å²) in [5, 5.41) is 33.2. The van der Waals surface area contributed by atoms with Gasteiger partial charge in [0, 0.05) is 12.1 Å². The number of fused-ring (bicyclic) bond motifs is 3. The van der Waals surface area contributed by atoms with Gasteiger partial charge in [0.05, 0.1) is 17.5 Å². The van der Waals surface area contributed by atoms with Crippen molar-refractivity contribution in [2.75, 3.05) is 28.2 Å². The lowest BCUT2D eigenvalue weighted by atomic mass is 9.60. The first-order valence-electron chi connectivity index (χ1n) is 12.9. The maximum Gasteiger partial charge on any atom is 0.255 e. The normalized spacial score (nSPS) is 24.7. The first-order valence-corrected chi connectivity index (χ1v) is 12.9. The van der Waals surface area contributed by atoms with Crippen LogP contribution in [0.15, 0.2) is 59.1 Å². The summed E-state index contributed by atoms with van der Waals surface area (Å²) in [6.07, 6.45) is 0.666. The monoisotopic (exact) mass is 531 g/mol. The third kappa shape index (κ3) is 4.13. The number of carbonyl (C=O) groups excluding carboxylic acids is 3. The fourth-order valence-corrected chi connectivity index (χ4v) is 6.78. The van der Waals surface area contributed by atoms with E-state index in [0.717, 1.165) is 16.7 Å². The van der Waals surface area contributed by atoms with Crippen LogP contribution in [-0.2, 0) is 22.6 Å². The van der Waals surface area contributed by atoms with Gasteiger partial charge in [-0.25, -0.2) is 0 Å². The van der Waals surface area contributed by atoms with Crippen molar-refractivity contribution < 1.29 is 29.7 Å². The lowest BCUT2D eigenvalue weighted by molar-refractivity contribution is -0.127. The van der Waals surface area contributed by atoms with Crippen LogP contribution < -0.4 is 5.73 Å². The molecule has 5 rings (SSSR count). The number of phenolic OH excluding ortho intramolecular Hbond substituents is 1. The van der Waals surface area contributed by atoms with Crippen LogP contribution in [0.1, 0.15) is 27.9 Å². The number of nitrogens with two attached hydrogens (primary N) is 1. The van der Waals surface area contributed by atoms with E-state index in [-0.39, 0.29) is 16.9 Å². The summed E-state index contributed by atoms with van der Waals surface area (Å²) >= 11 is 0. The van der Waals surface area contributed by atoms with Gasteiger partial charge in [-0.1, -0.05) is 30.3 Å². The lowest BCUT2D eigenvalue weighted by Gasteiger charge is -2.46. The molecule has 3 aliphatic rings. The Hall–Kier alpha value is -3.95. The summed E-state index contributed by atoms with van der Waals surface area (Å²) in [5.41, 5.74) is 8.61. The highest BCUT2D eigenvalue weighted by Crippen LogP contribution is 2.51. The van der Waals surface area contributed by atoms with Crippen molar-refractivity contribution in [1.29, 1.82) is 0 Å². The predicted octanol–water partition coefficient (Wildman–Crippen LogP) is 2.73. The molecule has 0 radical (unpaired) electrons. The number of hydrogen-bond acceptors (Lipinski definition) is 8. The Balaban J connectivity index is 1.68. The number of phenols is 1. The summed E-state index contributed by atoms with van der Waals surface area (Å²) in [6, 6.07) is 10.5. The van der Waals surface area contributed by atoms with Crippen molar-refractivity contribution >= 4 is 17.5 Å². The number of amides is 1. The van der Waals surface area contributed by atoms with Crippen LogP contribution in [-0.4, -0.2) is 76.8 Å². The third-order valence-electron chi connectivity index (χ3n) is 8.24. The van der Waals surface area contributed by atoms with E-state index in [9.17, 15) is 29.7 Å². The number of primary amides is 1. The summed E-state index contributed by atoms with van der Waals surface area (Å²) in [5.74, 6) is -5.65. The largest absolute Gasteiger partial charge is 0.511 e. The minimum atomic E-state index is -1.20. The zero-order valence-electron chi connectivity index (χ0n) is 22.4. The van der Waals surface area contributed by atoms with Gasteiger partial charge in [-0.15, -0.1) is 0 Å². The van der Waals surface area contributed by atoms with Crippen molar-refractivity contribution in [1.82, 2.24) is 9.80 Å². The molecule has 4 unspecified atom stereocenters. The zero-order chi connectivity index (χ0) is 28.3. The van der Waals surface area contributed by atoms with Crippen molar-refractivity contribution in [3.8, 4) is 16.9 Å². The Kier molecular flexibility index (Phi) is 6.60. The van der Waals surface area contributed by atoms with Crippen LogP contribution in [0.5, 0.6) is 5.75 Å². The molecule has 9 heteroatoms. The first-order chi connectivity index (χ1) is 18.4. The molecule has 0 aliphatic heterocycles. The van der Waals surface area contributed by atoms with E-state index in [0.29, 0.717) is 24.9 Å². The number of rotatable bonds is 5. The molecule has 0 heterocycles. The maximum absolute atomic E-state index is 13.9. The number of nitrogens with zero attached hydrogens (tertiary/aromatic N) is 2. The maximum atomic E-state index is 13.9. The summed E-state index contributed by atoms with van der Waals surface area (Å²) in [6.45, 7) is 0.680. The second-order valence-corrected chi connectivity index (χ2v) is 11.2. The zero-order valence-corrected chi connectivity index (χ0v) is 22.4. The van der Waals surface area contributed by atoms with Crippen molar-refractivity contribution in [3.05, 3.63) is 75.8 Å². The average molecular weight is 532 g/mol. The van der Waals surface area contributed by atoms with E-state index in [1.54, 1.807) is 19.0 Å². The van der Waals surface area contributed by atoms with E-state index >= 15 is 0 Å². The molecule has 2 aromatic carbocycles. The molecule has 0 aromatic heterocycles. The smallest absolute Gasteiger partial charge is 0.255 e. The number of benzene rings is 2. The molecule has 0 fully saturated rings. The Labute approximate surface area is 226 Å². The molecule has 5 N–H and O–H groups in total. The van der Waals surface area contributed by atoms with Gasteiger partial charge in [-0.05, 0) is 81.2 Å². The molecular formula is C30H33N3O6. The van der Waals surface area contributed by atoms with Crippen molar-refractivity contribution in [2.24, 2.45) is 23.5 Å². The fourth-order valence-electron chi connectivity index (χ4n) is 6.78. The van der Waals surface area contributed by atoms with Gasteiger partial charge < -0.3 is 26.0 Å². The molecule has 1 amide bonds. The standard InChI is InChI=1S/C30H33N3O6/c1-32(2)13-14-7-5-6-8-16(14)17-9-10-20(34)22-18(17)11-15-12-19-23(27(36)21(15)26(22)35)28(37)24(30(31)39)29(38)25(19)33(3)4/h5-10,15,19,23,25,34,36,38H,11-13H2,1-4H3,(H2,31,39). The average Bonchev–Trinajstić information content (AvgIpc) is 2.83. The van der Waals surface area contributed by atoms with Gasteiger partial charge in [0.1, 0.15) is 22.8 Å². The number of ketones is 2. The summed E-state index contributed by atoms with van der Waals surface area (Å²) in [4.78, 5) is 43.2. The Morgan fingerprint density at radius 2 is 1.67 bits per heavy atom. The number of aliphatic hydroxyl groups excluding tert-OH is 2. The highest BCUT2D eigenvalue weighted by Gasteiger charge is 2.54. The highest BCUT2D eigenvalue weighted by molar-refractivity contribution is 6.22. The Morgan fingerprint density at radius 3 is 2.31 bits per heavy atom. The minimum Gasteiger partial charge on any atom is -0.511 e. The van der Waals surface area contributed by atoms with E-state index in [4.69, 9.17) is 5.73 Å². The van der Waals surface area contributed by atoms with Gasteiger partial charge in [-0.3, -0.25) is 19.3 Å². The second-order valence-electron chi connectivity index (χ2n) is 11.2. The fraction of sp³-hybridized carbons (Fsp3) is 0.367. The molecular weight excluding hydrogens is 498 g/mol. The van der Waals surface area contributed by atoms with E-state index in [1.165, 1.54) is 6.07 Å². The van der Waals surface area contributed by atoms with Crippen LogP contribution in [0.2, 0.25) is 0 Å². The third-order valence-corrected chi connectivity index (χ3v) is 8.24. The van der Waals surface area contributed by atoms with Crippen LogP contribution in [0, 0.1) is 17.8 Å². The predicted molar refractivity (Wildman–Crippen MR) is 145 cm³/mol. The second kappa shape index (κ2) is 9.66. The quantitative estimate of drug-likeness (QED) is 0.431. The number of likely N-dealkylation sites (N-methyl/N-ethyl adjacent to an activating group) is 1. The molecule has 0 saturated carbocycles. The van der Waals surface area contributed by atoms with Gasteiger partial charge in [0.15, 0.2) is 11.6 Å². The van der Waals surface area contributed by atoms with Crippen molar-refractivity contribution in [2.45, 2.75) is 25.4 Å². The highest BCUT2D eigenvalue weighted by atomic mass is 16.3. The van der Waals surface area contributed by atoms with Crippen LogP contribution >= 0.6 is 0 Å². The molecule has 204 valence electrons. The molecule has 0 bridgehead atoms. The summed E-state index contributed by atoms with van der Waals surface area (Å²) in [7, 11) is 7.37. The minimum absolute atomic E-state index is 0.0776. The number of Topliss-reactive ketones (excluding diaryl/α,β-unsaturated/α-hetero) is 2. The van der Waals surface area contributed by atoms with Crippen molar-refractivity contribution in [3.63, 3.8) is 0 Å². The molecule has 2 aromatic rings. The van der Waals surface area contributed by atoms with E-state index in [2.05, 4.69) is 4.90 Å². The number of carbonyl (C=O) groups is 3. The van der Waals surface area contributed by atoms with Gasteiger partial charge in [0.2, 0.25) is 0 Å². The number of allylic oxidation sites excluding steroid dienone is 2. The van der Waals surface area contributed by atoms with Gasteiger partial charge in [-0.2, -0.15) is 0 Å². The van der Waals surface area contributed by atoms with Crippen LogP contribution in [0.3, 0.4) is 0 Å². The van der Waals surface area contributed by atoms with E-state index < -0.39 is 58.4 Å². The molecule has 9 nitrogen and oxygen atoms in total. The Morgan fingerprint density at radius 1 is 0.974 bits per heavy atom. The SMILES string of the molecule is CN(C)Cc1ccccc1-c1ccc(O)c2c1CC1CC3C(C(=O)C(C(N)=O)=C(O)C3N(C)C)C(O)=C1C2=O. The topological polar surface area (TPSA) is 144 Å². The Bertz CT molecular complexity index is 1470. The number of hydrogen-bond donors (Lipinski definition) is 4. The molecule has 4 atom stereocenters. The van der Waals surface area contributed by atoms with Gasteiger partial charge >= 0.3 is 0 Å². The molecule has 0 saturated heterocycles. The molecule has 0 spiro atoms. The molecule has 39 heavy (non-hydrogen) atoms. The molecule has 3 aliphatic carbocycles. The van der Waals surface area contributed by atoms with Gasteiger partial charge in [0.25, 0.3) is 5.91 Å². The van der Waals surface area contributed by atoms with Crippen LogP contribution in [0.25, 0.3) is 11.1 Å². The summed E-state index contributed by atoms with van der Waals surface area (Å²) < 4.78 is 0. The number of aromatic hydroxyl groups is 1.